The Labute approximate surface area is 129 Å². The van der Waals surface area contributed by atoms with Crippen molar-refractivity contribution in [1.29, 1.82) is 0 Å². The monoisotopic (exact) mass is 339 g/mol. The van der Waals surface area contributed by atoms with Gasteiger partial charge < -0.3 is 10.1 Å². The molecule has 1 saturated carbocycles. The summed E-state index contributed by atoms with van der Waals surface area (Å²) in [5.74, 6) is 0.861. The third-order valence-corrected chi connectivity index (χ3v) is 4.78. The molecule has 20 heavy (non-hydrogen) atoms. The highest BCUT2D eigenvalue weighted by molar-refractivity contribution is 9.10. The van der Waals surface area contributed by atoms with Gasteiger partial charge in [0.2, 0.25) is 0 Å². The van der Waals surface area contributed by atoms with Crippen LogP contribution in [0.4, 0.5) is 5.69 Å². The summed E-state index contributed by atoms with van der Waals surface area (Å²) in [7, 11) is 1.46. The Hall–Kier alpha value is -1.03. The van der Waals surface area contributed by atoms with E-state index in [0.717, 1.165) is 23.0 Å². The molecule has 110 valence electrons. The van der Waals surface area contributed by atoms with Crippen LogP contribution >= 0.6 is 15.9 Å². The number of methoxy groups -OCH3 is 1. The van der Waals surface area contributed by atoms with Gasteiger partial charge in [0.15, 0.2) is 0 Å². The van der Waals surface area contributed by atoms with E-state index in [4.69, 9.17) is 4.74 Å². The van der Waals surface area contributed by atoms with Crippen LogP contribution in [0.25, 0.3) is 0 Å². The molecule has 1 aromatic carbocycles. The number of hydrogen-bond donors (Lipinski definition) is 1. The minimum Gasteiger partial charge on any atom is -0.467 e. The first-order chi connectivity index (χ1) is 9.61. The molecule has 1 fully saturated rings. The number of esters is 1. The predicted molar refractivity (Wildman–Crippen MR) is 84.7 cm³/mol. The second-order valence-electron chi connectivity index (χ2n) is 5.66. The summed E-state index contributed by atoms with van der Waals surface area (Å²) in [6, 6.07) is 7.61. The summed E-state index contributed by atoms with van der Waals surface area (Å²) in [5.41, 5.74) is 0.945. The van der Waals surface area contributed by atoms with E-state index in [2.05, 4.69) is 28.2 Å². The van der Waals surface area contributed by atoms with Crippen LogP contribution in [0.1, 0.15) is 32.6 Å². The van der Waals surface area contributed by atoms with Crippen molar-refractivity contribution < 1.29 is 9.53 Å². The fourth-order valence-electron chi connectivity index (χ4n) is 3.03. The number of benzene rings is 1. The minimum absolute atomic E-state index is 0.167. The lowest BCUT2D eigenvalue weighted by atomic mass is 9.78. The van der Waals surface area contributed by atoms with Crippen LogP contribution in [0.15, 0.2) is 28.7 Å². The van der Waals surface area contributed by atoms with Crippen molar-refractivity contribution in [1.82, 2.24) is 0 Å². The Morgan fingerprint density at radius 1 is 1.40 bits per heavy atom. The van der Waals surface area contributed by atoms with Gasteiger partial charge in [0.25, 0.3) is 0 Å². The highest BCUT2D eigenvalue weighted by Gasteiger charge is 2.32. The lowest BCUT2D eigenvalue weighted by Gasteiger charge is -2.32. The highest BCUT2D eigenvalue weighted by Crippen LogP contribution is 2.33. The summed E-state index contributed by atoms with van der Waals surface area (Å²) < 4.78 is 5.97. The van der Waals surface area contributed by atoms with E-state index in [0.29, 0.717) is 11.8 Å². The van der Waals surface area contributed by atoms with Crippen LogP contribution in [-0.4, -0.2) is 19.1 Å². The zero-order valence-corrected chi connectivity index (χ0v) is 13.7. The molecule has 1 aromatic rings. The van der Waals surface area contributed by atoms with Gasteiger partial charge in [-0.1, -0.05) is 31.9 Å². The first kappa shape index (κ1) is 15.4. The van der Waals surface area contributed by atoms with E-state index in [1.54, 1.807) is 0 Å². The SMILES string of the molecule is COC(=O)C(Nc1ccccc1Br)C1CCCC(C)C1. The van der Waals surface area contributed by atoms with Crippen molar-refractivity contribution in [2.75, 3.05) is 12.4 Å². The normalized spacial score (nSPS) is 23.9. The van der Waals surface area contributed by atoms with Gasteiger partial charge in [-0.05, 0) is 52.7 Å². The van der Waals surface area contributed by atoms with Crippen molar-refractivity contribution in [2.24, 2.45) is 11.8 Å². The van der Waals surface area contributed by atoms with Crippen LogP contribution in [0.5, 0.6) is 0 Å². The van der Waals surface area contributed by atoms with Gasteiger partial charge in [-0.3, -0.25) is 0 Å². The number of carbonyl (C=O) groups is 1. The van der Waals surface area contributed by atoms with E-state index >= 15 is 0 Å². The second kappa shape index (κ2) is 7.11. The number of hydrogen-bond acceptors (Lipinski definition) is 3. The standard InChI is InChI=1S/C16H22BrNO2/c1-11-6-5-7-12(10-11)15(16(19)20-2)18-14-9-4-3-8-13(14)17/h3-4,8-9,11-12,15,18H,5-7,10H2,1-2H3. The van der Waals surface area contributed by atoms with Crippen molar-refractivity contribution >= 4 is 27.6 Å². The summed E-state index contributed by atoms with van der Waals surface area (Å²) >= 11 is 3.52. The summed E-state index contributed by atoms with van der Waals surface area (Å²) in [4.78, 5) is 12.1. The number of halogens is 1. The van der Waals surface area contributed by atoms with Gasteiger partial charge in [0.05, 0.1) is 7.11 Å². The lowest BCUT2D eigenvalue weighted by Crippen LogP contribution is -2.40. The smallest absolute Gasteiger partial charge is 0.328 e. The molecular weight excluding hydrogens is 318 g/mol. The molecule has 0 spiro atoms. The fourth-order valence-corrected chi connectivity index (χ4v) is 3.43. The number of carbonyl (C=O) groups excluding carboxylic acids is 1. The van der Waals surface area contributed by atoms with Crippen LogP contribution < -0.4 is 5.32 Å². The zero-order valence-electron chi connectivity index (χ0n) is 12.1. The Balaban J connectivity index is 2.15. The maximum atomic E-state index is 12.1. The molecule has 0 amide bonds. The number of nitrogens with one attached hydrogen (secondary N) is 1. The summed E-state index contributed by atoms with van der Waals surface area (Å²) in [6.45, 7) is 2.26. The molecule has 1 N–H and O–H groups in total. The van der Waals surface area contributed by atoms with Crippen LogP contribution in [0.3, 0.4) is 0 Å². The van der Waals surface area contributed by atoms with E-state index in [1.165, 1.54) is 20.0 Å². The van der Waals surface area contributed by atoms with Crippen molar-refractivity contribution in [3.63, 3.8) is 0 Å². The average Bonchev–Trinajstić information content (AvgIpc) is 2.45. The second-order valence-corrected chi connectivity index (χ2v) is 6.51. The number of ether oxygens (including phenoxy) is 1. The number of rotatable bonds is 4. The number of para-hydroxylation sites is 1. The Kier molecular flexibility index (Phi) is 5.46. The van der Waals surface area contributed by atoms with Gasteiger partial charge in [-0.15, -0.1) is 0 Å². The largest absolute Gasteiger partial charge is 0.467 e. The maximum Gasteiger partial charge on any atom is 0.328 e. The van der Waals surface area contributed by atoms with Crippen molar-refractivity contribution in [3.8, 4) is 0 Å². The van der Waals surface area contributed by atoms with Crippen molar-refractivity contribution in [3.05, 3.63) is 28.7 Å². The fraction of sp³-hybridized carbons (Fsp3) is 0.562. The number of anilines is 1. The molecule has 3 unspecified atom stereocenters. The molecule has 1 aliphatic rings. The summed E-state index contributed by atoms with van der Waals surface area (Å²) in [6.07, 6.45) is 4.62. The molecule has 0 saturated heterocycles. The van der Waals surface area contributed by atoms with E-state index < -0.39 is 0 Å². The molecule has 0 heterocycles. The van der Waals surface area contributed by atoms with Crippen molar-refractivity contribution in [2.45, 2.75) is 38.6 Å². The Morgan fingerprint density at radius 2 is 2.15 bits per heavy atom. The molecule has 0 aliphatic heterocycles. The molecule has 1 aliphatic carbocycles. The van der Waals surface area contributed by atoms with E-state index in [9.17, 15) is 4.79 Å². The summed E-state index contributed by atoms with van der Waals surface area (Å²) in [5, 5.41) is 3.37. The average molecular weight is 340 g/mol. The van der Waals surface area contributed by atoms with Gasteiger partial charge in [-0.25, -0.2) is 4.79 Å². The third kappa shape index (κ3) is 3.75. The van der Waals surface area contributed by atoms with Gasteiger partial charge >= 0.3 is 5.97 Å². The maximum absolute atomic E-state index is 12.1. The quantitative estimate of drug-likeness (QED) is 0.834. The molecule has 0 radical (unpaired) electrons. The van der Waals surface area contributed by atoms with Gasteiger partial charge in [0.1, 0.15) is 6.04 Å². The predicted octanol–water partition coefficient (Wildman–Crippen LogP) is 4.23. The van der Waals surface area contributed by atoms with Crippen LogP contribution in [-0.2, 0) is 9.53 Å². The minimum atomic E-state index is -0.263. The molecule has 2 rings (SSSR count). The molecule has 3 atom stereocenters. The molecule has 4 heteroatoms. The van der Waals surface area contributed by atoms with E-state index in [1.807, 2.05) is 24.3 Å². The van der Waals surface area contributed by atoms with Crippen LogP contribution in [0, 0.1) is 11.8 Å². The van der Waals surface area contributed by atoms with Gasteiger partial charge in [-0.2, -0.15) is 0 Å². The topological polar surface area (TPSA) is 38.3 Å². The van der Waals surface area contributed by atoms with Crippen LogP contribution in [0.2, 0.25) is 0 Å². The Morgan fingerprint density at radius 3 is 2.80 bits per heavy atom. The first-order valence-corrected chi connectivity index (χ1v) is 8.00. The van der Waals surface area contributed by atoms with E-state index in [-0.39, 0.29) is 12.0 Å². The third-order valence-electron chi connectivity index (χ3n) is 4.09. The lowest BCUT2D eigenvalue weighted by molar-refractivity contribution is -0.143. The van der Waals surface area contributed by atoms with Gasteiger partial charge in [0, 0.05) is 10.2 Å². The molecule has 0 aromatic heterocycles. The molecule has 3 nitrogen and oxygen atoms in total. The molecular formula is C16H22BrNO2. The highest BCUT2D eigenvalue weighted by atomic mass is 79.9. The zero-order chi connectivity index (χ0) is 14.5. The molecule has 0 bridgehead atoms. The first-order valence-electron chi connectivity index (χ1n) is 7.20. The Bertz CT molecular complexity index is 464.